The summed E-state index contributed by atoms with van der Waals surface area (Å²) >= 11 is 0. The quantitative estimate of drug-likeness (QED) is 0.832. The van der Waals surface area contributed by atoms with Gasteiger partial charge in [0.1, 0.15) is 12.4 Å². The normalized spacial score (nSPS) is 10.0. The van der Waals surface area contributed by atoms with Crippen molar-refractivity contribution in [2.45, 2.75) is 0 Å². The zero-order valence-corrected chi connectivity index (χ0v) is 10.8. The molecule has 1 aromatic heterocycles. The number of nitrogens with zero attached hydrogens (tertiary/aromatic N) is 1. The second kappa shape index (κ2) is 6.61. The highest BCUT2D eigenvalue weighted by atomic mass is 16.5. The number of nitrogens with two attached hydrogens (primary N) is 1. The molecule has 0 bridgehead atoms. The van der Waals surface area contributed by atoms with Gasteiger partial charge in [-0.05, 0) is 30.3 Å². The first-order chi connectivity index (χ1) is 9.31. The molecule has 5 heteroatoms. The number of nitrogens with one attached hydrogen (secondary N) is 1. The van der Waals surface area contributed by atoms with Crippen molar-refractivity contribution in [1.82, 2.24) is 4.98 Å². The van der Waals surface area contributed by atoms with Gasteiger partial charge in [-0.1, -0.05) is 0 Å². The molecule has 100 valence electrons. The van der Waals surface area contributed by atoms with Crippen LogP contribution in [0.15, 0.2) is 42.6 Å². The first-order valence-electron chi connectivity index (χ1n) is 6.02. The SMILES string of the molecule is COc1cc(Nc2ccc(OCCN)cc2)ccn1. The van der Waals surface area contributed by atoms with Crippen LogP contribution in [0, 0.1) is 0 Å². The van der Waals surface area contributed by atoms with Gasteiger partial charge >= 0.3 is 0 Å². The number of methoxy groups -OCH3 is 1. The van der Waals surface area contributed by atoms with Crippen LogP contribution in [-0.4, -0.2) is 25.2 Å². The fraction of sp³-hybridized carbons (Fsp3) is 0.214. The molecule has 0 aliphatic rings. The lowest BCUT2D eigenvalue weighted by Gasteiger charge is -2.09. The predicted molar refractivity (Wildman–Crippen MR) is 75.1 cm³/mol. The van der Waals surface area contributed by atoms with E-state index in [1.165, 1.54) is 0 Å². The third-order valence-electron chi connectivity index (χ3n) is 2.47. The smallest absolute Gasteiger partial charge is 0.214 e. The van der Waals surface area contributed by atoms with Crippen LogP contribution < -0.4 is 20.5 Å². The number of rotatable bonds is 6. The van der Waals surface area contributed by atoms with Crippen LogP contribution >= 0.6 is 0 Å². The maximum absolute atomic E-state index is 5.41. The minimum Gasteiger partial charge on any atom is -0.492 e. The number of pyridine rings is 1. The predicted octanol–water partition coefficient (Wildman–Crippen LogP) is 2.17. The molecule has 0 amide bonds. The number of hydrogen-bond acceptors (Lipinski definition) is 5. The summed E-state index contributed by atoms with van der Waals surface area (Å²) in [5.41, 5.74) is 7.27. The van der Waals surface area contributed by atoms with E-state index >= 15 is 0 Å². The van der Waals surface area contributed by atoms with Gasteiger partial charge in [-0.15, -0.1) is 0 Å². The molecule has 0 spiro atoms. The molecule has 0 aliphatic carbocycles. The Bertz CT molecular complexity index is 514. The summed E-state index contributed by atoms with van der Waals surface area (Å²) < 4.78 is 10.5. The minimum atomic E-state index is 0.511. The summed E-state index contributed by atoms with van der Waals surface area (Å²) in [4.78, 5) is 4.05. The molecule has 3 N–H and O–H groups in total. The lowest BCUT2D eigenvalue weighted by atomic mass is 10.3. The fourth-order valence-electron chi connectivity index (χ4n) is 1.58. The summed E-state index contributed by atoms with van der Waals surface area (Å²) in [7, 11) is 1.59. The van der Waals surface area contributed by atoms with Gasteiger partial charge in [-0.3, -0.25) is 0 Å². The molecule has 1 heterocycles. The molecule has 0 fully saturated rings. The fourth-order valence-corrected chi connectivity index (χ4v) is 1.58. The van der Waals surface area contributed by atoms with Crippen molar-refractivity contribution in [3.05, 3.63) is 42.6 Å². The van der Waals surface area contributed by atoms with E-state index in [1.54, 1.807) is 13.3 Å². The molecule has 2 rings (SSSR count). The van der Waals surface area contributed by atoms with Crippen LogP contribution in [0.4, 0.5) is 11.4 Å². The summed E-state index contributed by atoms with van der Waals surface area (Å²) in [6, 6.07) is 11.4. The van der Waals surface area contributed by atoms with Gasteiger partial charge in [0.05, 0.1) is 7.11 Å². The summed E-state index contributed by atoms with van der Waals surface area (Å²) in [6.07, 6.45) is 1.69. The van der Waals surface area contributed by atoms with Crippen molar-refractivity contribution in [1.29, 1.82) is 0 Å². The van der Waals surface area contributed by atoms with Crippen LogP contribution in [-0.2, 0) is 0 Å². The minimum absolute atomic E-state index is 0.511. The number of ether oxygens (including phenoxy) is 2. The molecule has 19 heavy (non-hydrogen) atoms. The topological polar surface area (TPSA) is 69.4 Å². The van der Waals surface area contributed by atoms with Crippen LogP contribution in [0.25, 0.3) is 0 Å². The molecule has 2 aromatic rings. The third kappa shape index (κ3) is 3.86. The van der Waals surface area contributed by atoms with E-state index in [0.29, 0.717) is 19.0 Å². The molecular weight excluding hydrogens is 242 g/mol. The van der Waals surface area contributed by atoms with Crippen molar-refractivity contribution in [2.24, 2.45) is 5.73 Å². The monoisotopic (exact) mass is 259 g/mol. The van der Waals surface area contributed by atoms with Crippen molar-refractivity contribution >= 4 is 11.4 Å². The van der Waals surface area contributed by atoms with E-state index < -0.39 is 0 Å². The van der Waals surface area contributed by atoms with Crippen molar-refractivity contribution in [3.63, 3.8) is 0 Å². The molecule has 0 aliphatic heterocycles. The molecule has 0 saturated heterocycles. The maximum Gasteiger partial charge on any atom is 0.214 e. The highest BCUT2D eigenvalue weighted by molar-refractivity contribution is 5.60. The van der Waals surface area contributed by atoms with E-state index in [2.05, 4.69) is 10.3 Å². The van der Waals surface area contributed by atoms with Crippen LogP contribution in [0.1, 0.15) is 0 Å². The lowest BCUT2D eigenvalue weighted by Crippen LogP contribution is -2.10. The molecule has 0 saturated carbocycles. The summed E-state index contributed by atoms with van der Waals surface area (Å²) in [6.45, 7) is 1.03. The first-order valence-corrected chi connectivity index (χ1v) is 6.02. The largest absolute Gasteiger partial charge is 0.492 e. The number of benzene rings is 1. The molecule has 0 atom stereocenters. The Hall–Kier alpha value is -2.27. The maximum atomic E-state index is 5.41. The van der Waals surface area contributed by atoms with Crippen LogP contribution in [0.5, 0.6) is 11.6 Å². The molecule has 1 aromatic carbocycles. The zero-order valence-electron chi connectivity index (χ0n) is 10.8. The van der Waals surface area contributed by atoms with Gasteiger partial charge in [-0.2, -0.15) is 0 Å². The Morgan fingerprint density at radius 2 is 1.95 bits per heavy atom. The van der Waals surface area contributed by atoms with E-state index in [1.807, 2.05) is 36.4 Å². The molecule has 0 radical (unpaired) electrons. The van der Waals surface area contributed by atoms with Gasteiger partial charge in [0.25, 0.3) is 0 Å². The standard InChI is InChI=1S/C14H17N3O2/c1-18-14-10-12(6-8-16-14)17-11-2-4-13(5-3-11)19-9-7-15/h2-6,8,10H,7,9,15H2,1H3,(H,16,17). The average molecular weight is 259 g/mol. The number of aromatic nitrogens is 1. The third-order valence-corrected chi connectivity index (χ3v) is 2.47. The van der Waals surface area contributed by atoms with E-state index in [9.17, 15) is 0 Å². The highest BCUT2D eigenvalue weighted by Gasteiger charge is 1.99. The summed E-state index contributed by atoms with van der Waals surface area (Å²) in [5.74, 6) is 1.39. The Labute approximate surface area is 112 Å². The Kier molecular flexibility index (Phi) is 4.58. The van der Waals surface area contributed by atoms with Crippen LogP contribution in [0.2, 0.25) is 0 Å². The Balaban J connectivity index is 2.02. The van der Waals surface area contributed by atoms with Gasteiger partial charge in [0.15, 0.2) is 0 Å². The first kappa shape index (κ1) is 13.2. The zero-order chi connectivity index (χ0) is 13.5. The summed E-state index contributed by atoms with van der Waals surface area (Å²) in [5, 5.41) is 3.26. The second-order valence-corrected chi connectivity index (χ2v) is 3.87. The van der Waals surface area contributed by atoms with Gasteiger partial charge in [0.2, 0.25) is 5.88 Å². The average Bonchev–Trinajstić information content (AvgIpc) is 2.47. The highest BCUT2D eigenvalue weighted by Crippen LogP contribution is 2.21. The van der Waals surface area contributed by atoms with Crippen molar-refractivity contribution in [2.75, 3.05) is 25.6 Å². The van der Waals surface area contributed by atoms with E-state index in [0.717, 1.165) is 17.1 Å². The molecular formula is C14H17N3O2. The van der Waals surface area contributed by atoms with E-state index in [-0.39, 0.29) is 0 Å². The Morgan fingerprint density at radius 3 is 2.63 bits per heavy atom. The van der Waals surface area contributed by atoms with E-state index in [4.69, 9.17) is 15.2 Å². The number of hydrogen-bond donors (Lipinski definition) is 2. The lowest BCUT2D eigenvalue weighted by molar-refractivity contribution is 0.328. The Morgan fingerprint density at radius 1 is 1.16 bits per heavy atom. The second-order valence-electron chi connectivity index (χ2n) is 3.87. The molecule has 5 nitrogen and oxygen atoms in total. The van der Waals surface area contributed by atoms with Gasteiger partial charge in [0, 0.05) is 30.2 Å². The van der Waals surface area contributed by atoms with Gasteiger partial charge in [-0.25, -0.2) is 4.98 Å². The van der Waals surface area contributed by atoms with Gasteiger partial charge < -0.3 is 20.5 Å². The van der Waals surface area contributed by atoms with Crippen molar-refractivity contribution in [3.8, 4) is 11.6 Å². The molecule has 0 unspecified atom stereocenters. The van der Waals surface area contributed by atoms with Crippen molar-refractivity contribution < 1.29 is 9.47 Å². The van der Waals surface area contributed by atoms with Crippen LogP contribution in [0.3, 0.4) is 0 Å². The number of anilines is 2.